The second kappa shape index (κ2) is 4.17. The van der Waals surface area contributed by atoms with E-state index in [0.29, 0.717) is 5.75 Å². The molecule has 90 valence electrons. The highest BCUT2D eigenvalue weighted by atomic mass is 16.5. The second-order valence-corrected chi connectivity index (χ2v) is 4.06. The second-order valence-electron chi connectivity index (χ2n) is 4.06. The van der Waals surface area contributed by atoms with Gasteiger partial charge >= 0.3 is 0 Å². The zero-order valence-corrected chi connectivity index (χ0v) is 10.5. The standard InChI is InChI=1S/C14H16O3/c1-8-7-10-11(15)5-6-12(16-3)13(10)14(17-4)9(8)2/h5-7,15H,1-4H3. The van der Waals surface area contributed by atoms with E-state index in [-0.39, 0.29) is 5.75 Å². The van der Waals surface area contributed by atoms with Crippen molar-refractivity contribution in [1.82, 2.24) is 0 Å². The molecule has 0 radical (unpaired) electrons. The maximum absolute atomic E-state index is 9.92. The van der Waals surface area contributed by atoms with E-state index in [4.69, 9.17) is 9.47 Å². The summed E-state index contributed by atoms with van der Waals surface area (Å²) >= 11 is 0. The number of phenolic OH excluding ortho intramolecular Hbond substituents is 1. The van der Waals surface area contributed by atoms with Crippen molar-refractivity contribution < 1.29 is 14.6 Å². The van der Waals surface area contributed by atoms with Crippen LogP contribution in [0.15, 0.2) is 18.2 Å². The molecule has 0 aliphatic rings. The summed E-state index contributed by atoms with van der Waals surface area (Å²) in [6.07, 6.45) is 0. The van der Waals surface area contributed by atoms with Crippen LogP contribution in [0.2, 0.25) is 0 Å². The van der Waals surface area contributed by atoms with E-state index in [1.807, 2.05) is 19.9 Å². The molecule has 0 unspecified atom stereocenters. The van der Waals surface area contributed by atoms with Gasteiger partial charge in [-0.1, -0.05) is 0 Å². The molecule has 3 nitrogen and oxygen atoms in total. The van der Waals surface area contributed by atoms with Gasteiger partial charge in [-0.3, -0.25) is 0 Å². The minimum atomic E-state index is 0.238. The molecular weight excluding hydrogens is 216 g/mol. The Balaban J connectivity index is 2.99. The lowest BCUT2D eigenvalue weighted by Gasteiger charge is -2.15. The lowest BCUT2D eigenvalue weighted by Crippen LogP contribution is -1.95. The molecule has 0 aromatic heterocycles. The maximum atomic E-state index is 9.92. The third kappa shape index (κ3) is 1.68. The first kappa shape index (κ1) is 11.6. The monoisotopic (exact) mass is 232 g/mol. The molecule has 2 aromatic carbocycles. The highest BCUT2D eigenvalue weighted by molar-refractivity contribution is 5.99. The van der Waals surface area contributed by atoms with Crippen molar-refractivity contribution in [2.24, 2.45) is 0 Å². The van der Waals surface area contributed by atoms with E-state index >= 15 is 0 Å². The molecular formula is C14H16O3. The number of benzene rings is 2. The van der Waals surface area contributed by atoms with Gasteiger partial charge in [-0.2, -0.15) is 0 Å². The van der Waals surface area contributed by atoms with Gasteiger partial charge in [-0.05, 0) is 43.2 Å². The van der Waals surface area contributed by atoms with Gasteiger partial charge in [0.2, 0.25) is 0 Å². The average molecular weight is 232 g/mol. The highest BCUT2D eigenvalue weighted by Crippen LogP contribution is 2.41. The Bertz CT molecular complexity index is 573. The number of ether oxygens (including phenoxy) is 2. The summed E-state index contributed by atoms with van der Waals surface area (Å²) in [6.45, 7) is 3.99. The van der Waals surface area contributed by atoms with Crippen LogP contribution in [-0.2, 0) is 0 Å². The van der Waals surface area contributed by atoms with Gasteiger partial charge in [0.25, 0.3) is 0 Å². The predicted octanol–water partition coefficient (Wildman–Crippen LogP) is 3.18. The van der Waals surface area contributed by atoms with Gasteiger partial charge in [0, 0.05) is 5.39 Å². The molecule has 0 spiro atoms. The Morgan fingerprint density at radius 3 is 2.35 bits per heavy atom. The first-order chi connectivity index (χ1) is 8.10. The van der Waals surface area contributed by atoms with Crippen LogP contribution in [0.5, 0.6) is 17.2 Å². The van der Waals surface area contributed by atoms with Gasteiger partial charge in [0.05, 0.1) is 19.6 Å². The summed E-state index contributed by atoms with van der Waals surface area (Å²) in [6, 6.07) is 5.33. The van der Waals surface area contributed by atoms with Gasteiger partial charge in [0.1, 0.15) is 17.2 Å². The van der Waals surface area contributed by atoms with Crippen LogP contribution in [0.4, 0.5) is 0 Å². The average Bonchev–Trinajstić information content (AvgIpc) is 2.33. The number of methoxy groups -OCH3 is 2. The van der Waals surface area contributed by atoms with E-state index in [0.717, 1.165) is 27.6 Å². The Kier molecular flexibility index (Phi) is 2.84. The zero-order valence-electron chi connectivity index (χ0n) is 10.5. The van der Waals surface area contributed by atoms with Gasteiger partial charge in [0.15, 0.2) is 0 Å². The van der Waals surface area contributed by atoms with Crippen molar-refractivity contribution in [2.45, 2.75) is 13.8 Å². The van der Waals surface area contributed by atoms with E-state index in [1.54, 1.807) is 26.4 Å². The summed E-state index contributed by atoms with van der Waals surface area (Å²) in [4.78, 5) is 0. The van der Waals surface area contributed by atoms with Crippen LogP contribution in [0.1, 0.15) is 11.1 Å². The Morgan fingerprint density at radius 2 is 1.76 bits per heavy atom. The third-order valence-corrected chi connectivity index (χ3v) is 3.13. The predicted molar refractivity (Wildman–Crippen MR) is 68.2 cm³/mol. The van der Waals surface area contributed by atoms with Crippen LogP contribution >= 0.6 is 0 Å². The summed E-state index contributed by atoms with van der Waals surface area (Å²) in [7, 11) is 3.24. The molecule has 3 heteroatoms. The highest BCUT2D eigenvalue weighted by Gasteiger charge is 2.15. The van der Waals surface area contributed by atoms with Crippen molar-refractivity contribution in [1.29, 1.82) is 0 Å². The molecule has 0 heterocycles. The molecule has 0 atom stereocenters. The smallest absolute Gasteiger partial charge is 0.133 e. The largest absolute Gasteiger partial charge is 0.507 e. The van der Waals surface area contributed by atoms with Crippen LogP contribution in [0.25, 0.3) is 10.8 Å². The van der Waals surface area contributed by atoms with Crippen molar-refractivity contribution in [3.63, 3.8) is 0 Å². The molecule has 0 aliphatic carbocycles. The van der Waals surface area contributed by atoms with Crippen LogP contribution in [-0.4, -0.2) is 19.3 Å². The fourth-order valence-corrected chi connectivity index (χ4v) is 2.09. The molecule has 0 saturated carbocycles. The molecule has 0 aliphatic heterocycles. The number of phenols is 1. The molecule has 2 rings (SSSR count). The minimum Gasteiger partial charge on any atom is -0.507 e. The number of aryl methyl sites for hydroxylation is 1. The van der Waals surface area contributed by atoms with Crippen molar-refractivity contribution in [2.75, 3.05) is 14.2 Å². The first-order valence-electron chi connectivity index (χ1n) is 5.44. The van der Waals surface area contributed by atoms with E-state index in [9.17, 15) is 5.11 Å². The molecule has 0 bridgehead atoms. The minimum absolute atomic E-state index is 0.238. The Hall–Kier alpha value is -1.90. The summed E-state index contributed by atoms with van der Waals surface area (Å²) in [5.41, 5.74) is 2.14. The van der Waals surface area contributed by atoms with Gasteiger partial charge in [-0.15, -0.1) is 0 Å². The van der Waals surface area contributed by atoms with Crippen LogP contribution in [0, 0.1) is 13.8 Å². The molecule has 1 N–H and O–H groups in total. The quantitative estimate of drug-likeness (QED) is 0.864. The van der Waals surface area contributed by atoms with E-state index in [2.05, 4.69) is 0 Å². The van der Waals surface area contributed by atoms with Crippen molar-refractivity contribution in [3.05, 3.63) is 29.3 Å². The Morgan fingerprint density at radius 1 is 1.06 bits per heavy atom. The van der Waals surface area contributed by atoms with Crippen molar-refractivity contribution in [3.8, 4) is 17.2 Å². The molecule has 0 fully saturated rings. The summed E-state index contributed by atoms with van der Waals surface area (Å²) < 4.78 is 10.8. The maximum Gasteiger partial charge on any atom is 0.133 e. The Labute approximate surface area is 101 Å². The molecule has 17 heavy (non-hydrogen) atoms. The lowest BCUT2D eigenvalue weighted by molar-refractivity contribution is 0.402. The van der Waals surface area contributed by atoms with Crippen molar-refractivity contribution >= 4 is 10.8 Å². The first-order valence-corrected chi connectivity index (χ1v) is 5.44. The number of aromatic hydroxyl groups is 1. The van der Waals surface area contributed by atoms with E-state index < -0.39 is 0 Å². The number of hydrogen-bond donors (Lipinski definition) is 1. The third-order valence-electron chi connectivity index (χ3n) is 3.13. The molecule has 2 aromatic rings. The number of fused-ring (bicyclic) bond motifs is 1. The normalized spacial score (nSPS) is 10.6. The van der Waals surface area contributed by atoms with Gasteiger partial charge < -0.3 is 14.6 Å². The van der Waals surface area contributed by atoms with Crippen LogP contribution in [0.3, 0.4) is 0 Å². The number of hydrogen-bond acceptors (Lipinski definition) is 3. The summed E-state index contributed by atoms with van der Waals surface area (Å²) in [5, 5.41) is 11.5. The van der Waals surface area contributed by atoms with Gasteiger partial charge in [-0.25, -0.2) is 0 Å². The zero-order chi connectivity index (χ0) is 12.6. The number of rotatable bonds is 2. The SMILES string of the molecule is COc1ccc(O)c2cc(C)c(C)c(OC)c12. The lowest BCUT2D eigenvalue weighted by atomic mass is 9.99. The summed E-state index contributed by atoms with van der Waals surface area (Å²) in [5.74, 6) is 1.70. The van der Waals surface area contributed by atoms with E-state index in [1.165, 1.54) is 0 Å². The fourth-order valence-electron chi connectivity index (χ4n) is 2.09. The topological polar surface area (TPSA) is 38.7 Å². The molecule has 0 amide bonds. The molecule has 0 saturated heterocycles. The van der Waals surface area contributed by atoms with Crippen LogP contribution < -0.4 is 9.47 Å². The fraction of sp³-hybridized carbons (Fsp3) is 0.286.